The summed E-state index contributed by atoms with van der Waals surface area (Å²) in [6.45, 7) is 10.8. The quantitative estimate of drug-likeness (QED) is 0.695. The Morgan fingerprint density at radius 1 is 0.964 bits per heavy atom. The van der Waals surface area contributed by atoms with Crippen molar-refractivity contribution in [2.45, 2.75) is 50.9 Å². The molecule has 1 amide bonds. The standard InChI is InChI=1S/C22H30N2O3S/c1-5-24(6-2)16-20-10-8-7-9-19(20)15-23-22(25)18-11-13-21(14-12-18)28(26,27)17(3)4/h7-14,17H,5-6,15-16H2,1-4H3,(H,23,25). The lowest BCUT2D eigenvalue weighted by atomic mass is 10.1. The highest BCUT2D eigenvalue weighted by molar-refractivity contribution is 7.92. The van der Waals surface area contributed by atoms with Crippen LogP contribution in [0.4, 0.5) is 0 Å². The van der Waals surface area contributed by atoms with Crippen molar-refractivity contribution in [1.29, 1.82) is 0 Å². The van der Waals surface area contributed by atoms with E-state index in [1.165, 1.54) is 17.7 Å². The van der Waals surface area contributed by atoms with Crippen molar-refractivity contribution in [2.24, 2.45) is 0 Å². The maximum atomic E-state index is 12.5. The van der Waals surface area contributed by atoms with Crippen molar-refractivity contribution in [3.8, 4) is 0 Å². The van der Waals surface area contributed by atoms with Crippen molar-refractivity contribution in [2.75, 3.05) is 13.1 Å². The van der Waals surface area contributed by atoms with E-state index in [1.54, 1.807) is 26.0 Å². The van der Waals surface area contributed by atoms with Gasteiger partial charge in [0.05, 0.1) is 10.1 Å². The van der Waals surface area contributed by atoms with Gasteiger partial charge in [0, 0.05) is 18.7 Å². The predicted molar refractivity (Wildman–Crippen MR) is 113 cm³/mol. The highest BCUT2D eigenvalue weighted by Crippen LogP contribution is 2.17. The third-order valence-electron chi connectivity index (χ3n) is 4.91. The van der Waals surface area contributed by atoms with Crippen LogP contribution in [0.1, 0.15) is 49.2 Å². The van der Waals surface area contributed by atoms with Crippen LogP contribution >= 0.6 is 0 Å². The van der Waals surface area contributed by atoms with Gasteiger partial charge in [-0.25, -0.2) is 8.42 Å². The molecule has 0 aromatic heterocycles. The number of benzene rings is 2. The Morgan fingerprint density at radius 3 is 2.07 bits per heavy atom. The average molecular weight is 403 g/mol. The van der Waals surface area contributed by atoms with Crippen LogP contribution in [0.2, 0.25) is 0 Å². The number of hydrogen-bond donors (Lipinski definition) is 1. The Balaban J connectivity index is 2.07. The monoisotopic (exact) mass is 402 g/mol. The van der Waals surface area contributed by atoms with Gasteiger partial charge in [0.15, 0.2) is 9.84 Å². The summed E-state index contributed by atoms with van der Waals surface area (Å²) < 4.78 is 24.4. The Bertz CT molecular complexity index is 886. The van der Waals surface area contributed by atoms with E-state index >= 15 is 0 Å². The highest BCUT2D eigenvalue weighted by Gasteiger charge is 2.19. The smallest absolute Gasteiger partial charge is 0.251 e. The molecule has 0 bridgehead atoms. The Hall–Kier alpha value is -2.18. The zero-order valence-corrected chi connectivity index (χ0v) is 17.9. The fourth-order valence-corrected chi connectivity index (χ4v) is 3.98. The number of sulfone groups is 1. The van der Waals surface area contributed by atoms with E-state index in [-0.39, 0.29) is 10.8 Å². The fourth-order valence-electron chi connectivity index (χ4n) is 2.92. The van der Waals surface area contributed by atoms with Gasteiger partial charge in [-0.05, 0) is 62.3 Å². The number of carbonyl (C=O) groups excluding carboxylic acids is 1. The third-order valence-corrected chi connectivity index (χ3v) is 7.08. The molecule has 6 heteroatoms. The second kappa shape index (κ2) is 9.85. The van der Waals surface area contributed by atoms with Gasteiger partial charge in [0.25, 0.3) is 5.91 Å². The van der Waals surface area contributed by atoms with Crippen LogP contribution in [0.15, 0.2) is 53.4 Å². The molecule has 2 aromatic carbocycles. The van der Waals surface area contributed by atoms with Crippen LogP contribution in [0.25, 0.3) is 0 Å². The normalized spacial score (nSPS) is 11.8. The first-order chi connectivity index (χ1) is 13.3. The first kappa shape index (κ1) is 22.1. The zero-order chi connectivity index (χ0) is 20.7. The van der Waals surface area contributed by atoms with E-state index in [9.17, 15) is 13.2 Å². The van der Waals surface area contributed by atoms with Crippen LogP contribution in [-0.4, -0.2) is 37.6 Å². The average Bonchev–Trinajstić information content (AvgIpc) is 2.70. The molecule has 2 rings (SSSR count). The minimum absolute atomic E-state index is 0.217. The fraction of sp³-hybridized carbons (Fsp3) is 0.409. The summed E-state index contributed by atoms with van der Waals surface area (Å²) in [4.78, 5) is 15.1. The molecule has 0 aliphatic heterocycles. The largest absolute Gasteiger partial charge is 0.348 e. The lowest BCUT2D eigenvalue weighted by Gasteiger charge is -2.20. The summed E-state index contributed by atoms with van der Waals surface area (Å²) in [5.41, 5.74) is 2.73. The molecule has 0 unspecified atom stereocenters. The van der Waals surface area contributed by atoms with Gasteiger partial charge >= 0.3 is 0 Å². The summed E-state index contributed by atoms with van der Waals surface area (Å²) in [6.07, 6.45) is 0. The Labute approximate surface area is 168 Å². The van der Waals surface area contributed by atoms with E-state index < -0.39 is 15.1 Å². The summed E-state index contributed by atoms with van der Waals surface area (Å²) in [5, 5.41) is 2.45. The second-order valence-corrected chi connectivity index (χ2v) is 9.54. The molecule has 0 spiro atoms. The Kier molecular flexibility index (Phi) is 7.78. The minimum atomic E-state index is -3.33. The first-order valence-corrected chi connectivity index (χ1v) is 11.3. The number of nitrogens with zero attached hydrogens (tertiary/aromatic N) is 1. The molecule has 2 aromatic rings. The number of hydrogen-bond acceptors (Lipinski definition) is 4. The van der Waals surface area contributed by atoms with E-state index in [1.807, 2.05) is 18.2 Å². The molecular formula is C22H30N2O3S. The van der Waals surface area contributed by atoms with Crippen molar-refractivity contribution in [3.05, 3.63) is 65.2 Å². The third kappa shape index (κ3) is 5.42. The van der Waals surface area contributed by atoms with E-state index in [2.05, 4.69) is 30.1 Å². The number of nitrogens with one attached hydrogen (secondary N) is 1. The van der Waals surface area contributed by atoms with Crippen molar-refractivity contribution in [1.82, 2.24) is 10.2 Å². The van der Waals surface area contributed by atoms with Crippen molar-refractivity contribution >= 4 is 15.7 Å². The lowest BCUT2D eigenvalue weighted by molar-refractivity contribution is 0.0950. The van der Waals surface area contributed by atoms with Gasteiger partial charge in [0.1, 0.15) is 0 Å². The summed E-state index contributed by atoms with van der Waals surface area (Å²) >= 11 is 0. The maximum Gasteiger partial charge on any atom is 0.251 e. The van der Waals surface area contributed by atoms with Crippen LogP contribution in [-0.2, 0) is 22.9 Å². The maximum absolute atomic E-state index is 12.5. The lowest BCUT2D eigenvalue weighted by Crippen LogP contribution is -2.26. The molecule has 0 radical (unpaired) electrons. The van der Waals surface area contributed by atoms with Crippen LogP contribution in [0, 0.1) is 0 Å². The van der Waals surface area contributed by atoms with Gasteiger partial charge in [-0.1, -0.05) is 38.1 Å². The topological polar surface area (TPSA) is 66.5 Å². The van der Waals surface area contributed by atoms with E-state index in [0.29, 0.717) is 12.1 Å². The molecule has 0 atom stereocenters. The zero-order valence-electron chi connectivity index (χ0n) is 17.1. The van der Waals surface area contributed by atoms with Gasteiger partial charge < -0.3 is 5.32 Å². The number of rotatable bonds is 9. The minimum Gasteiger partial charge on any atom is -0.348 e. The van der Waals surface area contributed by atoms with Crippen molar-refractivity contribution < 1.29 is 13.2 Å². The summed E-state index contributed by atoms with van der Waals surface area (Å²) in [5.74, 6) is -0.217. The Morgan fingerprint density at radius 2 is 1.54 bits per heavy atom. The van der Waals surface area contributed by atoms with Gasteiger partial charge in [0.2, 0.25) is 0 Å². The molecule has 152 valence electrons. The van der Waals surface area contributed by atoms with Crippen LogP contribution in [0.5, 0.6) is 0 Å². The SMILES string of the molecule is CCN(CC)Cc1ccccc1CNC(=O)c1ccc(S(=O)(=O)C(C)C)cc1. The van der Waals surface area contributed by atoms with Gasteiger partial charge in [-0.3, -0.25) is 9.69 Å². The van der Waals surface area contributed by atoms with Gasteiger partial charge in [-0.2, -0.15) is 0 Å². The van der Waals surface area contributed by atoms with Crippen LogP contribution in [0.3, 0.4) is 0 Å². The molecule has 5 nitrogen and oxygen atoms in total. The first-order valence-electron chi connectivity index (χ1n) is 9.70. The number of amides is 1. The molecule has 1 N–H and O–H groups in total. The van der Waals surface area contributed by atoms with E-state index in [0.717, 1.165) is 25.2 Å². The molecule has 28 heavy (non-hydrogen) atoms. The molecule has 0 saturated carbocycles. The molecule has 0 aliphatic rings. The number of carbonyl (C=O) groups is 1. The molecular weight excluding hydrogens is 372 g/mol. The summed E-state index contributed by atoms with van der Waals surface area (Å²) in [7, 11) is -3.33. The molecule has 0 aliphatic carbocycles. The summed E-state index contributed by atoms with van der Waals surface area (Å²) in [6, 6.07) is 14.2. The molecule has 0 heterocycles. The van der Waals surface area contributed by atoms with Crippen molar-refractivity contribution in [3.63, 3.8) is 0 Å². The highest BCUT2D eigenvalue weighted by atomic mass is 32.2. The van der Waals surface area contributed by atoms with E-state index in [4.69, 9.17) is 0 Å². The predicted octanol–water partition coefficient (Wildman–Crippen LogP) is 3.64. The molecule has 0 saturated heterocycles. The molecule has 0 fully saturated rings. The van der Waals surface area contributed by atoms with Crippen LogP contribution < -0.4 is 5.32 Å². The second-order valence-electron chi connectivity index (χ2n) is 7.03. The van der Waals surface area contributed by atoms with Gasteiger partial charge in [-0.15, -0.1) is 0 Å².